The molecule has 0 saturated heterocycles. The molecule has 6 heteroatoms. The monoisotopic (exact) mass is 368 g/mol. The maximum atomic E-state index is 13.3. The second kappa shape index (κ2) is 8.89. The number of aromatic nitrogens is 1. The van der Waals surface area contributed by atoms with E-state index in [0.29, 0.717) is 23.6 Å². The van der Waals surface area contributed by atoms with Crippen molar-refractivity contribution in [3.05, 3.63) is 89.6 Å². The zero-order chi connectivity index (χ0) is 19.1. The zero-order valence-electron chi connectivity index (χ0n) is 14.5. The van der Waals surface area contributed by atoms with Crippen LogP contribution in [0, 0.1) is 11.6 Å². The van der Waals surface area contributed by atoms with Gasteiger partial charge in [-0.05, 0) is 42.3 Å². The van der Waals surface area contributed by atoms with Crippen LogP contribution in [-0.4, -0.2) is 10.9 Å². The van der Waals surface area contributed by atoms with Gasteiger partial charge in [0, 0.05) is 30.8 Å². The van der Waals surface area contributed by atoms with Crippen LogP contribution in [0.25, 0.3) is 0 Å². The molecule has 1 amide bonds. The van der Waals surface area contributed by atoms with Crippen molar-refractivity contribution in [3.8, 4) is 11.6 Å². The Morgan fingerprint density at radius 2 is 1.78 bits per heavy atom. The Morgan fingerprint density at radius 3 is 2.56 bits per heavy atom. The van der Waals surface area contributed by atoms with E-state index >= 15 is 0 Å². The third-order valence-corrected chi connectivity index (χ3v) is 3.87. The Labute approximate surface area is 155 Å². The summed E-state index contributed by atoms with van der Waals surface area (Å²) in [7, 11) is 0. The first kappa shape index (κ1) is 18.5. The maximum absolute atomic E-state index is 13.3. The van der Waals surface area contributed by atoms with Crippen LogP contribution in [0.5, 0.6) is 11.6 Å². The number of rotatable bonds is 7. The van der Waals surface area contributed by atoms with Crippen molar-refractivity contribution in [2.75, 3.05) is 0 Å². The average molecular weight is 368 g/mol. The van der Waals surface area contributed by atoms with Gasteiger partial charge in [-0.3, -0.25) is 4.79 Å². The molecule has 0 bridgehead atoms. The molecule has 3 rings (SSSR count). The SMILES string of the molecule is O=C(CCc1cccc(F)c1)NCc1cccnc1Oc1cccc(F)c1. The Hall–Kier alpha value is -3.28. The minimum atomic E-state index is -0.407. The summed E-state index contributed by atoms with van der Waals surface area (Å²) in [5.74, 6) is -0.265. The molecule has 0 saturated carbocycles. The molecule has 2 aromatic carbocycles. The van der Waals surface area contributed by atoms with Crippen molar-refractivity contribution in [2.24, 2.45) is 0 Å². The second-order valence-corrected chi connectivity index (χ2v) is 5.93. The van der Waals surface area contributed by atoms with E-state index in [-0.39, 0.29) is 24.7 Å². The highest BCUT2D eigenvalue weighted by molar-refractivity contribution is 5.76. The van der Waals surface area contributed by atoms with E-state index in [1.807, 2.05) is 0 Å². The molecule has 0 atom stereocenters. The summed E-state index contributed by atoms with van der Waals surface area (Å²) >= 11 is 0. The molecule has 3 aromatic rings. The molecule has 0 fully saturated rings. The van der Waals surface area contributed by atoms with E-state index in [9.17, 15) is 13.6 Å². The van der Waals surface area contributed by atoms with Crippen LogP contribution in [0.15, 0.2) is 66.9 Å². The molecule has 27 heavy (non-hydrogen) atoms. The summed E-state index contributed by atoms with van der Waals surface area (Å²) in [6.07, 6.45) is 2.25. The highest BCUT2D eigenvalue weighted by Gasteiger charge is 2.09. The summed E-state index contributed by atoms with van der Waals surface area (Å²) in [5.41, 5.74) is 1.43. The lowest BCUT2D eigenvalue weighted by Crippen LogP contribution is -2.23. The van der Waals surface area contributed by atoms with Gasteiger partial charge in [0.05, 0.1) is 0 Å². The van der Waals surface area contributed by atoms with Gasteiger partial charge in [0.2, 0.25) is 11.8 Å². The van der Waals surface area contributed by atoms with Crippen LogP contribution < -0.4 is 10.1 Å². The number of aryl methyl sites for hydroxylation is 1. The number of pyridine rings is 1. The van der Waals surface area contributed by atoms with E-state index in [0.717, 1.165) is 5.56 Å². The van der Waals surface area contributed by atoms with Crippen LogP contribution in [-0.2, 0) is 17.8 Å². The van der Waals surface area contributed by atoms with Gasteiger partial charge < -0.3 is 10.1 Å². The van der Waals surface area contributed by atoms with E-state index in [2.05, 4.69) is 10.3 Å². The van der Waals surface area contributed by atoms with Crippen LogP contribution in [0.2, 0.25) is 0 Å². The minimum Gasteiger partial charge on any atom is -0.439 e. The fourth-order valence-electron chi connectivity index (χ4n) is 2.53. The predicted octanol–water partition coefficient (Wildman–Crippen LogP) is 4.40. The number of ether oxygens (including phenoxy) is 1. The highest BCUT2D eigenvalue weighted by atomic mass is 19.1. The normalized spacial score (nSPS) is 10.4. The van der Waals surface area contributed by atoms with Crippen molar-refractivity contribution < 1.29 is 18.3 Å². The van der Waals surface area contributed by atoms with Crippen molar-refractivity contribution in [1.29, 1.82) is 0 Å². The molecule has 1 aromatic heterocycles. The Kier molecular flexibility index (Phi) is 6.10. The largest absolute Gasteiger partial charge is 0.439 e. The predicted molar refractivity (Wildman–Crippen MR) is 97.3 cm³/mol. The first-order valence-corrected chi connectivity index (χ1v) is 8.48. The van der Waals surface area contributed by atoms with E-state index in [1.54, 1.807) is 42.6 Å². The first-order valence-electron chi connectivity index (χ1n) is 8.48. The van der Waals surface area contributed by atoms with Crippen molar-refractivity contribution in [1.82, 2.24) is 10.3 Å². The maximum Gasteiger partial charge on any atom is 0.224 e. The summed E-state index contributed by atoms with van der Waals surface area (Å²) in [4.78, 5) is 16.2. The molecule has 0 aliphatic rings. The zero-order valence-corrected chi connectivity index (χ0v) is 14.5. The fourth-order valence-corrected chi connectivity index (χ4v) is 2.53. The number of hydrogen-bond acceptors (Lipinski definition) is 3. The molecule has 1 heterocycles. The van der Waals surface area contributed by atoms with Crippen molar-refractivity contribution >= 4 is 5.91 Å². The summed E-state index contributed by atoms with van der Waals surface area (Å²) in [6, 6.07) is 15.4. The Balaban J connectivity index is 1.57. The van der Waals surface area contributed by atoms with E-state index in [4.69, 9.17) is 4.74 Å². The summed E-state index contributed by atoms with van der Waals surface area (Å²) < 4.78 is 32.1. The molecule has 0 spiro atoms. The molecule has 1 N–H and O–H groups in total. The first-order chi connectivity index (χ1) is 13.1. The second-order valence-electron chi connectivity index (χ2n) is 5.93. The fraction of sp³-hybridized carbons (Fsp3) is 0.143. The van der Waals surface area contributed by atoms with Gasteiger partial charge in [-0.1, -0.05) is 24.3 Å². The molecular weight excluding hydrogens is 350 g/mol. The molecule has 0 aliphatic carbocycles. The Morgan fingerprint density at radius 1 is 1.00 bits per heavy atom. The van der Waals surface area contributed by atoms with Gasteiger partial charge in [0.25, 0.3) is 0 Å². The number of amides is 1. The molecule has 4 nitrogen and oxygen atoms in total. The number of halogens is 2. The number of carbonyl (C=O) groups excluding carboxylic acids is 1. The third kappa shape index (κ3) is 5.60. The summed E-state index contributed by atoms with van der Waals surface area (Å²) in [5, 5.41) is 2.79. The topological polar surface area (TPSA) is 51.2 Å². The van der Waals surface area contributed by atoms with Gasteiger partial charge in [-0.25, -0.2) is 13.8 Å². The van der Waals surface area contributed by atoms with Crippen LogP contribution >= 0.6 is 0 Å². The number of hydrogen-bond donors (Lipinski definition) is 1. The van der Waals surface area contributed by atoms with Gasteiger partial charge in [-0.2, -0.15) is 0 Å². The number of benzene rings is 2. The third-order valence-electron chi connectivity index (χ3n) is 3.87. The van der Waals surface area contributed by atoms with Gasteiger partial charge in [0.15, 0.2) is 0 Å². The lowest BCUT2D eigenvalue weighted by molar-refractivity contribution is -0.121. The lowest BCUT2D eigenvalue weighted by atomic mass is 10.1. The molecule has 138 valence electrons. The van der Waals surface area contributed by atoms with Crippen LogP contribution in [0.4, 0.5) is 8.78 Å². The van der Waals surface area contributed by atoms with Crippen molar-refractivity contribution in [2.45, 2.75) is 19.4 Å². The van der Waals surface area contributed by atoms with Gasteiger partial charge >= 0.3 is 0 Å². The van der Waals surface area contributed by atoms with Gasteiger partial charge in [-0.15, -0.1) is 0 Å². The lowest BCUT2D eigenvalue weighted by Gasteiger charge is -2.11. The minimum absolute atomic E-state index is 0.167. The number of nitrogens with zero attached hydrogens (tertiary/aromatic N) is 1. The van der Waals surface area contributed by atoms with Crippen molar-refractivity contribution in [3.63, 3.8) is 0 Å². The smallest absolute Gasteiger partial charge is 0.224 e. The van der Waals surface area contributed by atoms with Crippen LogP contribution in [0.1, 0.15) is 17.5 Å². The standard InChI is InChI=1S/C21H18F2N2O2/c22-17-6-1-4-15(12-17)9-10-20(26)25-14-16-5-3-11-24-21(16)27-19-8-2-7-18(23)13-19/h1-8,11-13H,9-10,14H2,(H,25,26). The number of nitrogens with one attached hydrogen (secondary N) is 1. The summed E-state index contributed by atoms with van der Waals surface area (Å²) in [6.45, 7) is 0.223. The Bertz CT molecular complexity index is 931. The molecule has 0 aliphatic heterocycles. The molecule has 0 unspecified atom stereocenters. The van der Waals surface area contributed by atoms with E-state index < -0.39 is 5.82 Å². The van der Waals surface area contributed by atoms with Gasteiger partial charge in [0.1, 0.15) is 17.4 Å². The molecular formula is C21H18F2N2O2. The van der Waals surface area contributed by atoms with E-state index in [1.165, 1.54) is 24.3 Å². The highest BCUT2D eigenvalue weighted by Crippen LogP contribution is 2.23. The number of carbonyl (C=O) groups is 1. The molecule has 0 radical (unpaired) electrons. The average Bonchev–Trinajstić information content (AvgIpc) is 2.66. The quantitative estimate of drug-likeness (QED) is 0.672. The van der Waals surface area contributed by atoms with Crippen LogP contribution in [0.3, 0.4) is 0 Å².